The number of nitrogens with one attached hydrogen (secondary N) is 3. The fraction of sp³-hybridized carbons (Fsp3) is 0.242. The van der Waals surface area contributed by atoms with Crippen molar-refractivity contribution in [2.75, 3.05) is 19.8 Å². The number of carbonyl (C=O) groups is 3. The Morgan fingerprint density at radius 3 is 2.43 bits per heavy atom. The van der Waals surface area contributed by atoms with Crippen LogP contribution in [0, 0.1) is 0 Å². The molecule has 0 saturated carbocycles. The standard InChI is InChI=1S/C33H34N4O8S/c1-4-42-27-16-22(12-15-26(27)44-18-21-10-13-23(14-11-21)31(39)40)17-34-37-28(38)19-45-25-9-7-6-8-24(25)30-29(32(41)43-5-2)20(3)35-33(46)36-30/h6-17,30H,4-5,18-19H2,1-3H3,(H,37,38)(H,39,40)(H2,35,36,46)/t30-/m1/s1. The molecule has 240 valence electrons. The van der Waals surface area contributed by atoms with Crippen LogP contribution < -0.4 is 30.3 Å². The summed E-state index contributed by atoms with van der Waals surface area (Å²) in [6.07, 6.45) is 1.46. The molecule has 0 bridgehead atoms. The van der Waals surface area contributed by atoms with Gasteiger partial charge < -0.3 is 34.7 Å². The Bertz CT molecular complexity index is 1660. The molecule has 0 aromatic heterocycles. The molecule has 13 heteroatoms. The Labute approximate surface area is 271 Å². The second kappa shape index (κ2) is 16.0. The maximum atomic E-state index is 12.8. The van der Waals surface area contributed by atoms with Crippen molar-refractivity contribution in [1.29, 1.82) is 0 Å². The monoisotopic (exact) mass is 646 g/mol. The van der Waals surface area contributed by atoms with Gasteiger partial charge in [-0.2, -0.15) is 5.10 Å². The minimum Gasteiger partial charge on any atom is -0.490 e. The van der Waals surface area contributed by atoms with Crippen LogP contribution in [0.25, 0.3) is 0 Å². The number of carbonyl (C=O) groups excluding carboxylic acids is 2. The molecule has 0 spiro atoms. The van der Waals surface area contributed by atoms with E-state index in [2.05, 4.69) is 21.2 Å². The zero-order valence-electron chi connectivity index (χ0n) is 25.5. The molecule has 1 atom stereocenters. The predicted octanol–water partition coefficient (Wildman–Crippen LogP) is 4.25. The number of nitrogens with zero attached hydrogens (tertiary/aromatic N) is 1. The van der Waals surface area contributed by atoms with Crippen molar-refractivity contribution >= 4 is 41.4 Å². The third kappa shape index (κ3) is 8.82. The summed E-state index contributed by atoms with van der Waals surface area (Å²) < 4.78 is 22.7. The molecule has 0 radical (unpaired) electrons. The van der Waals surface area contributed by atoms with E-state index in [-0.39, 0.29) is 25.4 Å². The maximum Gasteiger partial charge on any atom is 0.338 e. The van der Waals surface area contributed by atoms with E-state index in [1.165, 1.54) is 18.3 Å². The van der Waals surface area contributed by atoms with Gasteiger partial charge in [-0.05, 0) is 80.5 Å². The lowest BCUT2D eigenvalue weighted by Crippen LogP contribution is -2.45. The summed E-state index contributed by atoms with van der Waals surface area (Å²) in [5.41, 5.74) is 5.62. The number of hydrazone groups is 1. The average Bonchev–Trinajstić information content (AvgIpc) is 3.03. The number of hydrogen-bond donors (Lipinski definition) is 4. The molecule has 46 heavy (non-hydrogen) atoms. The second-order valence-electron chi connectivity index (χ2n) is 9.84. The lowest BCUT2D eigenvalue weighted by molar-refractivity contribution is -0.139. The fourth-order valence-corrected chi connectivity index (χ4v) is 4.78. The molecule has 3 aromatic carbocycles. The van der Waals surface area contributed by atoms with Gasteiger partial charge >= 0.3 is 11.9 Å². The zero-order chi connectivity index (χ0) is 33.1. The summed E-state index contributed by atoms with van der Waals surface area (Å²) in [5, 5.41) is 19.5. The lowest BCUT2D eigenvalue weighted by Gasteiger charge is -2.30. The minimum atomic E-state index is -0.994. The van der Waals surface area contributed by atoms with Crippen LogP contribution in [0.4, 0.5) is 0 Å². The van der Waals surface area contributed by atoms with Gasteiger partial charge in [-0.15, -0.1) is 0 Å². The molecular formula is C33H34N4O8S. The summed E-state index contributed by atoms with van der Waals surface area (Å²) in [5.74, 6) is -0.625. The van der Waals surface area contributed by atoms with Crippen LogP contribution in [-0.2, 0) is 20.9 Å². The highest BCUT2D eigenvalue weighted by molar-refractivity contribution is 7.80. The Hall–Kier alpha value is -5.43. The van der Waals surface area contributed by atoms with E-state index >= 15 is 0 Å². The zero-order valence-corrected chi connectivity index (χ0v) is 26.3. The fourth-order valence-electron chi connectivity index (χ4n) is 4.51. The van der Waals surface area contributed by atoms with Crippen molar-refractivity contribution in [3.63, 3.8) is 0 Å². The molecule has 1 aliphatic rings. The number of thiocarbonyl (C=S) groups is 1. The third-order valence-corrected chi connectivity index (χ3v) is 6.84. The van der Waals surface area contributed by atoms with E-state index in [0.717, 1.165) is 5.56 Å². The van der Waals surface area contributed by atoms with E-state index in [1.54, 1.807) is 68.4 Å². The Kier molecular flexibility index (Phi) is 11.7. The first-order valence-electron chi connectivity index (χ1n) is 14.4. The summed E-state index contributed by atoms with van der Waals surface area (Å²) in [6.45, 7) is 5.80. The molecule has 0 fully saturated rings. The first kappa shape index (κ1) is 33.5. The Morgan fingerprint density at radius 2 is 1.72 bits per heavy atom. The van der Waals surface area contributed by atoms with Gasteiger partial charge in [0.25, 0.3) is 5.91 Å². The van der Waals surface area contributed by atoms with E-state index < -0.39 is 23.9 Å². The predicted molar refractivity (Wildman–Crippen MR) is 174 cm³/mol. The molecule has 1 heterocycles. The topological polar surface area (TPSA) is 157 Å². The number of hydrogen-bond acceptors (Lipinski definition) is 9. The Balaban J connectivity index is 1.37. The molecular weight excluding hydrogens is 612 g/mol. The lowest BCUT2D eigenvalue weighted by atomic mass is 9.95. The number of esters is 1. The Morgan fingerprint density at radius 1 is 0.957 bits per heavy atom. The van der Waals surface area contributed by atoms with Gasteiger partial charge in [0, 0.05) is 11.3 Å². The summed E-state index contributed by atoms with van der Waals surface area (Å²) in [6, 6.07) is 18.0. The summed E-state index contributed by atoms with van der Waals surface area (Å²) >= 11 is 5.32. The molecule has 12 nitrogen and oxygen atoms in total. The molecule has 0 unspecified atom stereocenters. The van der Waals surface area contributed by atoms with Crippen molar-refractivity contribution in [3.8, 4) is 17.2 Å². The quantitative estimate of drug-likeness (QED) is 0.0860. The van der Waals surface area contributed by atoms with Crippen molar-refractivity contribution < 1.29 is 38.4 Å². The van der Waals surface area contributed by atoms with Crippen LogP contribution in [0.5, 0.6) is 17.2 Å². The minimum absolute atomic E-state index is 0.197. The number of aromatic carboxylic acids is 1. The van der Waals surface area contributed by atoms with Gasteiger partial charge in [0.1, 0.15) is 12.4 Å². The molecule has 0 aliphatic carbocycles. The smallest absolute Gasteiger partial charge is 0.338 e. The number of benzene rings is 3. The molecule has 0 saturated heterocycles. The number of para-hydroxylation sites is 1. The van der Waals surface area contributed by atoms with Gasteiger partial charge in [0.05, 0.1) is 36.6 Å². The number of carboxylic acids is 1. The highest BCUT2D eigenvalue weighted by Gasteiger charge is 2.32. The molecule has 1 amide bonds. The van der Waals surface area contributed by atoms with E-state index in [4.69, 9.17) is 36.3 Å². The van der Waals surface area contributed by atoms with Crippen LogP contribution in [0.3, 0.4) is 0 Å². The van der Waals surface area contributed by atoms with Crippen LogP contribution in [0.2, 0.25) is 0 Å². The molecule has 4 N–H and O–H groups in total. The molecule has 3 aromatic rings. The van der Waals surface area contributed by atoms with Gasteiger partial charge in [-0.1, -0.05) is 30.3 Å². The highest BCUT2D eigenvalue weighted by Crippen LogP contribution is 2.34. The van der Waals surface area contributed by atoms with Crippen LogP contribution in [0.15, 0.2) is 83.1 Å². The maximum absolute atomic E-state index is 12.8. The van der Waals surface area contributed by atoms with Gasteiger partial charge in [-0.3, -0.25) is 4.79 Å². The van der Waals surface area contributed by atoms with Gasteiger partial charge in [-0.25, -0.2) is 15.0 Å². The number of carboxylic acid groups (broad SMARTS) is 1. The van der Waals surface area contributed by atoms with E-state index in [1.807, 2.05) is 6.92 Å². The number of allylic oxidation sites excluding steroid dienone is 1. The SMILES string of the molecule is CCOC(=O)C1=C(C)NC(=S)N[C@@H]1c1ccccc1OCC(=O)NN=Cc1ccc(OCc2ccc(C(=O)O)cc2)c(OCC)c1. The van der Waals surface area contributed by atoms with Crippen molar-refractivity contribution in [3.05, 3.63) is 100 Å². The number of ether oxygens (including phenoxy) is 4. The van der Waals surface area contributed by atoms with Crippen molar-refractivity contribution in [1.82, 2.24) is 16.1 Å². The van der Waals surface area contributed by atoms with Crippen molar-refractivity contribution in [2.45, 2.75) is 33.4 Å². The molecule has 4 rings (SSSR count). The average molecular weight is 647 g/mol. The van der Waals surface area contributed by atoms with E-state index in [0.29, 0.717) is 51.4 Å². The number of amides is 1. The first-order chi connectivity index (χ1) is 22.2. The first-order valence-corrected chi connectivity index (χ1v) is 14.8. The second-order valence-corrected chi connectivity index (χ2v) is 10.2. The summed E-state index contributed by atoms with van der Waals surface area (Å²) in [4.78, 5) is 36.4. The number of rotatable bonds is 14. The van der Waals surface area contributed by atoms with E-state index in [9.17, 15) is 14.4 Å². The van der Waals surface area contributed by atoms with Crippen LogP contribution in [-0.4, -0.2) is 54.1 Å². The third-order valence-electron chi connectivity index (χ3n) is 6.62. The van der Waals surface area contributed by atoms with Crippen molar-refractivity contribution in [2.24, 2.45) is 5.10 Å². The van der Waals surface area contributed by atoms with Crippen LogP contribution in [0.1, 0.15) is 53.9 Å². The highest BCUT2D eigenvalue weighted by atomic mass is 32.1. The largest absolute Gasteiger partial charge is 0.490 e. The van der Waals surface area contributed by atoms with Gasteiger partial charge in [0.2, 0.25) is 0 Å². The van der Waals surface area contributed by atoms with Crippen LogP contribution >= 0.6 is 12.2 Å². The summed E-state index contributed by atoms with van der Waals surface area (Å²) in [7, 11) is 0. The normalized spacial score (nSPS) is 14.2. The molecule has 1 aliphatic heterocycles. The van der Waals surface area contributed by atoms with Gasteiger partial charge in [0.15, 0.2) is 23.2 Å².